The number of alkyl carbamates (subject to hydrolysis) is 1. The number of rotatable bonds is 6. The SMILES string of the molecule is CC(C)c1cc(N[C@@H]2CC[C@@H](NC(=O)OCc3ccccc3)C2)n2ncc(Cl)c2n1. The van der Waals surface area contributed by atoms with E-state index in [1.165, 1.54) is 0 Å². The number of carbonyl (C=O) groups is 1. The lowest BCUT2D eigenvalue weighted by Gasteiger charge is -2.17. The molecule has 1 aromatic carbocycles. The van der Waals surface area contributed by atoms with Gasteiger partial charge in [-0.05, 0) is 30.7 Å². The second-order valence-corrected chi connectivity index (χ2v) is 8.41. The molecule has 2 N–H and O–H groups in total. The predicted molar refractivity (Wildman–Crippen MR) is 117 cm³/mol. The Bertz CT molecular complexity index is 1020. The maximum atomic E-state index is 12.1. The molecule has 0 aliphatic heterocycles. The van der Waals surface area contributed by atoms with Gasteiger partial charge in [-0.1, -0.05) is 55.8 Å². The maximum Gasteiger partial charge on any atom is 0.407 e. The van der Waals surface area contributed by atoms with Crippen molar-refractivity contribution in [3.63, 3.8) is 0 Å². The van der Waals surface area contributed by atoms with E-state index >= 15 is 0 Å². The molecule has 0 spiro atoms. The molecule has 3 aromatic rings. The molecule has 1 fully saturated rings. The first-order valence-electron chi connectivity index (χ1n) is 10.3. The molecule has 0 bridgehead atoms. The minimum Gasteiger partial charge on any atom is -0.445 e. The van der Waals surface area contributed by atoms with Gasteiger partial charge in [0, 0.05) is 23.8 Å². The van der Waals surface area contributed by atoms with Crippen molar-refractivity contribution >= 4 is 29.2 Å². The van der Waals surface area contributed by atoms with E-state index in [4.69, 9.17) is 16.3 Å². The summed E-state index contributed by atoms with van der Waals surface area (Å²) in [4.78, 5) is 16.8. The lowest BCUT2D eigenvalue weighted by Crippen LogP contribution is -2.34. The van der Waals surface area contributed by atoms with Crippen LogP contribution in [0.15, 0.2) is 42.6 Å². The minimum atomic E-state index is -0.378. The molecular formula is C22H26ClN5O2. The van der Waals surface area contributed by atoms with Crippen LogP contribution in [0.5, 0.6) is 0 Å². The Morgan fingerprint density at radius 3 is 2.80 bits per heavy atom. The fourth-order valence-electron chi connectivity index (χ4n) is 3.74. The molecule has 4 rings (SSSR count). The number of nitrogens with zero attached hydrogens (tertiary/aromatic N) is 3. The fourth-order valence-corrected chi connectivity index (χ4v) is 3.90. The Morgan fingerprint density at radius 2 is 2.03 bits per heavy atom. The van der Waals surface area contributed by atoms with Crippen molar-refractivity contribution in [1.82, 2.24) is 19.9 Å². The molecule has 7 nitrogen and oxygen atoms in total. The van der Waals surface area contributed by atoms with Crippen molar-refractivity contribution in [2.75, 3.05) is 5.32 Å². The predicted octanol–water partition coefficient (Wildman–Crippen LogP) is 4.77. The van der Waals surface area contributed by atoms with E-state index in [2.05, 4.69) is 34.6 Å². The summed E-state index contributed by atoms with van der Waals surface area (Å²) in [5.74, 6) is 1.15. The minimum absolute atomic E-state index is 0.0777. The number of nitrogens with one attached hydrogen (secondary N) is 2. The van der Waals surface area contributed by atoms with Crippen LogP contribution in [-0.4, -0.2) is 32.8 Å². The van der Waals surface area contributed by atoms with Crippen LogP contribution in [-0.2, 0) is 11.3 Å². The molecule has 1 aliphatic carbocycles. The molecule has 0 saturated heterocycles. The quantitative estimate of drug-likeness (QED) is 0.592. The summed E-state index contributed by atoms with van der Waals surface area (Å²) in [5.41, 5.74) is 2.59. The number of carbonyl (C=O) groups excluding carboxylic acids is 1. The van der Waals surface area contributed by atoms with Crippen LogP contribution < -0.4 is 10.6 Å². The summed E-state index contributed by atoms with van der Waals surface area (Å²) in [5, 5.41) is 11.4. The van der Waals surface area contributed by atoms with Gasteiger partial charge in [0.2, 0.25) is 0 Å². The van der Waals surface area contributed by atoms with Crippen molar-refractivity contribution < 1.29 is 9.53 Å². The third kappa shape index (κ3) is 4.67. The average Bonchev–Trinajstić information content (AvgIpc) is 3.33. The number of ether oxygens (including phenoxy) is 1. The number of amides is 1. The molecule has 2 heterocycles. The van der Waals surface area contributed by atoms with Gasteiger partial charge in [-0.3, -0.25) is 0 Å². The smallest absolute Gasteiger partial charge is 0.407 e. The second-order valence-electron chi connectivity index (χ2n) is 8.01. The summed E-state index contributed by atoms with van der Waals surface area (Å²) in [6, 6.07) is 12.0. The Kier molecular flexibility index (Phi) is 6.08. The average molecular weight is 428 g/mol. The molecule has 2 atom stereocenters. The van der Waals surface area contributed by atoms with Crippen LogP contribution in [0.1, 0.15) is 50.3 Å². The van der Waals surface area contributed by atoms with Gasteiger partial charge in [-0.15, -0.1) is 0 Å². The van der Waals surface area contributed by atoms with Gasteiger partial charge in [0.05, 0.1) is 6.20 Å². The Morgan fingerprint density at radius 1 is 1.27 bits per heavy atom. The van der Waals surface area contributed by atoms with Crippen LogP contribution in [0, 0.1) is 0 Å². The summed E-state index contributed by atoms with van der Waals surface area (Å²) in [6.45, 7) is 4.47. The number of halogens is 1. The summed E-state index contributed by atoms with van der Waals surface area (Å²) in [7, 11) is 0. The zero-order valence-electron chi connectivity index (χ0n) is 17.1. The van der Waals surface area contributed by atoms with Crippen molar-refractivity contribution in [2.45, 2.75) is 57.7 Å². The molecular weight excluding hydrogens is 402 g/mol. The van der Waals surface area contributed by atoms with Gasteiger partial charge in [0.25, 0.3) is 0 Å². The third-order valence-electron chi connectivity index (χ3n) is 5.36. The normalized spacial score (nSPS) is 18.7. The maximum absolute atomic E-state index is 12.1. The van der Waals surface area contributed by atoms with Gasteiger partial charge >= 0.3 is 6.09 Å². The summed E-state index contributed by atoms with van der Waals surface area (Å²) in [6.07, 6.45) is 3.89. The van der Waals surface area contributed by atoms with E-state index in [9.17, 15) is 4.79 Å². The van der Waals surface area contributed by atoms with E-state index in [1.807, 2.05) is 36.4 Å². The number of hydrogen-bond acceptors (Lipinski definition) is 5. The molecule has 1 saturated carbocycles. The van der Waals surface area contributed by atoms with Crippen molar-refractivity contribution in [2.24, 2.45) is 0 Å². The van der Waals surface area contributed by atoms with Crippen LogP contribution in [0.3, 0.4) is 0 Å². The molecule has 158 valence electrons. The van der Waals surface area contributed by atoms with Crippen LogP contribution in [0.2, 0.25) is 5.02 Å². The molecule has 30 heavy (non-hydrogen) atoms. The second kappa shape index (κ2) is 8.92. The topological polar surface area (TPSA) is 80.5 Å². The van der Waals surface area contributed by atoms with E-state index in [0.29, 0.717) is 10.7 Å². The monoisotopic (exact) mass is 427 g/mol. The molecule has 8 heteroatoms. The lowest BCUT2D eigenvalue weighted by molar-refractivity contribution is 0.136. The number of benzene rings is 1. The summed E-state index contributed by atoms with van der Waals surface area (Å²) >= 11 is 6.26. The highest BCUT2D eigenvalue weighted by Crippen LogP contribution is 2.27. The van der Waals surface area contributed by atoms with E-state index in [-0.39, 0.29) is 30.7 Å². The van der Waals surface area contributed by atoms with Gasteiger partial charge in [-0.2, -0.15) is 9.61 Å². The van der Waals surface area contributed by atoms with Gasteiger partial charge in [0.15, 0.2) is 5.65 Å². The van der Waals surface area contributed by atoms with E-state index in [1.54, 1.807) is 10.7 Å². The lowest BCUT2D eigenvalue weighted by atomic mass is 10.1. The van der Waals surface area contributed by atoms with E-state index in [0.717, 1.165) is 36.3 Å². The van der Waals surface area contributed by atoms with E-state index < -0.39 is 0 Å². The third-order valence-corrected chi connectivity index (χ3v) is 5.63. The Balaban J connectivity index is 1.35. The number of hydrogen-bond donors (Lipinski definition) is 2. The summed E-state index contributed by atoms with van der Waals surface area (Å²) < 4.78 is 7.08. The van der Waals surface area contributed by atoms with Crippen molar-refractivity contribution in [3.05, 3.63) is 58.9 Å². The first-order chi connectivity index (χ1) is 14.5. The number of anilines is 1. The Hall–Kier alpha value is -2.80. The van der Waals surface area contributed by atoms with Gasteiger partial charge < -0.3 is 15.4 Å². The number of aromatic nitrogens is 3. The molecule has 0 unspecified atom stereocenters. The van der Waals surface area contributed by atoms with Crippen molar-refractivity contribution in [1.29, 1.82) is 0 Å². The van der Waals surface area contributed by atoms with Gasteiger partial charge in [-0.25, -0.2) is 9.78 Å². The first-order valence-corrected chi connectivity index (χ1v) is 10.7. The standard InChI is InChI=1S/C22H26ClN5O2/c1-14(2)19-11-20(28-21(27-19)18(23)12-24-28)25-16-8-9-17(10-16)26-22(29)30-13-15-6-4-3-5-7-15/h3-7,11-12,14,16-17,25H,8-10,13H2,1-2H3,(H,26,29)/t16-,17-/m1/s1. The van der Waals surface area contributed by atoms with Crippen LogP contribution >= 0.6 is 11.6 Å². The van der Waals surface area contributed by atoms with Crippen LogP contribution in [0.25, 0.3) is 5.65 Å². The highest BCUT2D eigenvalue weighted by atomic mass is 35.5. The first kappa shape index (κ1) is 20.5. The number of fused-ring (bicyclic) bond motifs is 1. The molecule has 2 aromatic heterocycles. The van der Waals surface area contributed by atoms with Crippen LogP contribution in [0.4, 0.5) is 10.6 Å². The molecule has 1 aliphatic rings. The highest BCUT2D eigenvalue weighted by molar-refractivity contribution is 6.33. The Labute approximate surface area is 180 Å². The highest BCUT2D eigenvalue weighted by Gasteiger charge is 2.27. The zero-order chi connectivity index (χ0) is 21.1. The van der Waals surface area contributed by atoms with Gasteiger partial charge in [0.1, 0.15) is 17.4 Å². The largest absolute Gasteiger partial charge is 0.445 e. The molecule has 0 radical (unpaired) electrons. The molecule has 1 amide bonds. The fraction of sp³-hybridized carbons (Fsp3) is 0.409. The van der Waals surface area contributed by atoms with Crippen molar-refractivity contribution in [3.8, 4) is 0 Å². The zero-order valence-corrected chi connectivity index (χ0v) is 17.9.